The Morgan fingerprint density at radius 1 is 1.33 bits per heavy atom. The molecule has 1 unspecified atom stereocenters. The minimum Gasteiger partial charge on any atom is -0.480 e. The van der Waals surface area contributed by atoms with Crippen molar-refractivity contribution in [1.82, 2.24) is 4.90 Å². The Labute approximate surface area is 106 Å². The van der Waals surface area contributed by atoms with Gasteiger partial charge in [-0.25, -0.2) is 4.79 Å². The standard InChI is InChI=1S/C13H17NO4/c1-10(13(16)17)14(12(15)9-18-2)8-11-6-4-3-5-7-11/h3-7,10H,8-9H2,1-2H3,(H,16,17). The highest BCUT2D eigenvalue weighted by Crippen LogP contribution is 2.09. The first-order valence-electron chi connectivity index (χ1n) is 5.61. The van der Waals surface area contributed by atoms with Crippen LogP contribution in [0.2, 0.25) is 0 Å². The van der Waals surface area contributed by atoms with Crippen LogP contribution in [0.15, 0.2) is 30.3 Å². The zero-order chi connectivity index (χ0) is 13.5. The van der Waals surface area contributed by atoms with Gasteiger partial charge in [-0.1, -0.05) is 30.3 Å². The zero-order valence-electron chi connectivity index (χ0n) is 10.5. The number of aliphatic carboxylic acids is 1. The molecule has 98 valence electrons. The van der Waals surface area contributed by atoms with Crippen LogP contribution in [0.5, 0.6) is 0 Å². The van der Waals surface area contributed by atoms with Gasteiger partial charge in [-0.2, -0.15) is 0 Å². The summed E-state index contributed by atoms with van der Waals surface area (Å²) in [5.41, 5.74) is 0.884. The highest BCUT2D eigenvalue weighted by molar-refractivity contribution is 5.84. The van der Waals surface area contributed by atoms with Gasteiger partial charge < -0.3 is 14.7 Å². The van der Waals surface area contributed by atoms with E-state index in [2.05, 4.69) is 0 Å². The molecule has 0 saturated carbocycles. The van der Waals surface area contributed by atoms with E-state index >= 15 is 0 Å². The molecule has 1 rings (SSSR count). The van der Waals surface area contributed by atoms with Gasteiger partial charge in [-0.15, -0.1) is 0 Å². The number of hydrogen-bond acceptors (Lipinski definition) is 3. The summed E-state index contributed by atoms with van der Waals surface area (Å²) in [6.07, 6.45) is 0. The highest BCUT2D eigenvalue weighted by Gasteiger charge is 2.25. The van der Waals surface area contributed by atoms with Crippen molar-refractivity contribution in [3.63, 3.8) is 0 Å². The van der Waals surface area contributed by atoms with E-state index in [1.807, 2.05) is 30.3 Å². The van der Waals surface area contributed by atoms with Crippen molar-refractivity contribution >= 4 is 11.9 Å². The summed E-state index contributed by atoms with van der Waals surface area (Å²) in [6, 6.07) is 8.38. The number of amides is 1. The number of rotatable bonds is 6. The molecule has 18 heavy (non-hydrogen) atoms. The molecular formula is C13H17NO4. The summed E-state index contributed by atoms with van der Waals surface area (Å²) in [7, 11) is 1.41. The van der Waals surface area contributed by atoms with Crippen LogP contribution in [-0.2, 0) is 20.9 Å². The first kappa shape index (κ1) is 14.2. The van der Waals surface area contributed by atoms with E-state index < -0.39 is 12.0 Å². The third-order valence-corrected chi connectivity index (χ3v) is 2.61. The maximum Gasteiger partial charge on any atom is 0.326 e. The van der Waals surface area contributed by atoms with Gasteiger partial charge in [0.15, 0.2) is 0 Å². The molecule has 1 N–H and O–H groups in total. The Morgan fingerprint density at radius 3 is 2.44 bits per heavy atom. The second-order valence-corrected chi connectivity index (χ2v) is 3.95. The van der Waals surface area contributed by atoms with Crippen LogP contribution in [0.1, 0.15) is 12.5 Å². The summed E-state index contributed by atoms with van der Waals surface area (Å²) >= 11 is 0. The van der Waals surface area contributed by atoms with Gasteiger partial charge >= 0.3 is 5.97 Å². The van der Waals surface area contributed by atoms with Crippen molar-refractivity contribution in [1.29, 1.82) is 0 Å². The summed E-state index contributed by atoms with van der Waals surface area (Å²) in [6.45, 7) is 1.62. The van der Waals surface area contributed by atoms with Gasteiger partial charge in [-0.05, 0) is 12.5 Å². The quantitative estimate of drug-likeness (QED) is 0.823. The molecule has 0 spiro atoms. The molecular weight excluding hydrogens is 234 g/mol. The maximum atomic E-state index is 11.8. The second kappa shape index (κ2) is 6.76. The van der Waals surface area contributed by atoms with Crippen molar-refractivity contribution in [2.24, 2.45) is 0 Å². The normalized spacial score (nSPS) is 11.9. The lowest BCUT2D eigenvalue weighted by molar-refractivity contribution is -0.151. The van der Waals surface area contributed by atoms with E-state index in [1.54, 1.807) is 0 Å². The Hall–Kier alpha value is -1.88. The van der Waals surface area contributed by atoms with Gasteiger partial charge in [0, 0.05) is 13.7 Å². The van der Waals surface area contributed by atoms with Gasteiger partial charge in [0.05, 0.1) is 0 Å². The summed E-state index contributed by atoms with van der Waals surface area (Å²) in [4.78, 5) is 24.1. The smallest absolute Gasteiger partial charge is 0.326 e. The predicted octanol–water partition coefficient (Wildman–Crippen LogP) is 1.13. The van der Waals surface area contributed by atoms with Crippen LogP contribution < -0.4 is 0 Å². The number of carbonyl (C=O) groups is 2. The van der Waals surface area contributed by atoms with Crippen LogP contribution in [-0.4, -0.2) is 41.6 Å². The van der Waals surface area contributed by atoms with Crippen LogP contribution in [0.25, 0.3) is 0 Å². The highest BCUT2D eigenvalue weighted by atomic mass is 16.5. The van der Waals surface area contributed by atoms with E-state index in [9.17, 15) is 9.59 Å². The number of carboxylic acid groups (broad SMARTS) is 1. The number of benzene rings is 1. The van der Waals surface area contributed by atoms with E-state index in [0.717, 1.165) is 5.56 Å². The number of methoxy groups -OCH3 is 1. The van der Waals surface area contributed by atoms with Crippen LogP contribution >= 0.6 is 0 Å². The van der Waals surface area contributed by atoms with Crippen molar-refractivity contribution < 1.29 is 19.4 Å². The lowest BCUT2D eigenvalue weighted by Crippen LogP contribution is -2.44. The second-order valence-electron chi connectivity index (χ2n) is 3.95. The predicted molar refractivity (Wildman–Crippen MR) is 66.0 cm³/mol. The fourth-order valence-corrected chi connectivity index (χ4v) is 1.56. The number of carboxylic acids is 1. The molecule has 0 fully saturated rings. The minimum atomic E-state index is -1.03. The molecule has 0 bridgehead atoms. The molecule has 5 heteroatoms. The average molecular weight is 251 g/mol. The van der Waals surface area contributed by atoms with E-state index in [4.69, 9.17) is 9.84 Å². The number of ether oxygens (including phenoxy) is 1. The van der Waals surface area contributed by atoms with E-state index in [0.29, 0.717) is 0 Å². The molecule has 5 nitrogen and oxygen atoms in total. The third kappa shape index (κ3) is 3.85. The Morgan fingerprint density at radius 2 is 1.94 bits per heavy atom. The molecule has 1 amide bonds. The van der Waals surface area contributed by atoms with Gasteiger partial charge in [-0.3, -0.25) is 4.79 Å². The summed E-state index contributed by atoms with van der Waals surface area (Å²) in [5.74, 6) is -1.37. The maximum absolute atomic E-state index is 11.8. The fourth-order valence-electron chi connectivity index (χ4n) is 1.56. The monoisotopic (exact) mass is 251 g/mol. The molecule has 0 aliphatic heterocycles. The molecule has 1 aromatic carbocycles. The number of carbonyl (C=O) groups excluding carboxylic acids is 1. The first-order chi connectivity index (χ1) is 8.56. The molecule has 0 heterocycles. The molecule has 1 aromatic rings. The molecule has 0 radical (unpaired) electrons. The van der Waals surface area contributed by atoms with Crippen molar-refractivity contribution in [2.45, 2.75) is 19.5 Å². The summed E-state index contributed by atoms with van der Waals surface area (Å²) < 4.78 is 4.77. The third-order valence-electron chi connectivity index (χ3n) is 2.61. The molecule has 1 atom stereocenters. The number of nitrogens with zero attached hydrogens (tertiary/aromatic N) is 1. The average Bonchev–Trinajstić information content (AvgIpc) is 2.36. The lowest BCUT2D eigenvalue weighted by Gasteiger charge is -2.26. The molecule has 0 aromatic heterocycles. The molecule has 0 aliphatic carbocycles. The minimum absolute atomic E-state index is 0.121. The van der Waals surface area contributed by atoms with Gasteiger partial charge in [0.25, 0.3) is 0 Å². The zero-order valence-corrected chi connectivity index (χ0v) is 10.5. The topological polar surface area (TPSA) is 66.8 Å². The van der Waals surface area contributed by atoms with Crippen molar-refractivity contribution in [3.8, 4) is 0 Å². The largest absolute Gasteiger partial charge is 0.480 e. The lowest BCUT2D eigenvalue weighted by atomic mass is 10.2. The Bertz CT molecular complexity index is 405. The van der Waals surface area contributed by atoms with Crippen molar-refractivity contribution in [3.05, 3.63) is 35.9 Å². The van der Waals surface area contributed by atoms with E-state index in [-0.39, 0.29) is 19.1 Å². The fraction of sp³-hybridized carbons (Fsp3) is 0.385. The first-order valence-corrected chi connectivity index (χ1v) is 5.61. The summed E-state index contributed by atoms with van der Waals surface area (Å²) in [5, 5.41) is 9.01. The van der Waals surface area contributed by atoms with Crippen LogP contribution in [0, 0.1) is 0 Å². The van der Waals surface area contributed by atoms with E-state index in [1.165, 1.54) is 18.9 Å². The molecule has 0 saturated heterocycles. The van der Waals surface area contributed by atoms with Gasteiger partial charge in [0.1, 0.15) is 12.6 Å². The van der Waals surface area contributed by atoms with Gasteiger partial charge in [0.2, 0.25) is 5.91 Å². The Kier molecular flexibility index (Phi) is 5.32. The molecule has 0 aliphatic rings. The Balaban J connectivity index is 2.84. The SMILES string of the molecule is COCC(=O)N(Cc1ccccc1)C(C)C(=O)O. The van der Waals surface area contributed by atoms with Crippen molar-refractivity contribution in [2.75, 3.05) is 13.7 Å². The van der Waals surface area contributed by atoms with Crippen LogP contribution in [0.4, 0.5) is 0 Å². The number of hydrogen-bond donors (Lipinski definition) is 1. The van der Waals surface area contributed by atoms with Crippen LogP contribution in [0.3, 0.4) is 0 Å².